The molecule has 0 saturated carbocycles. The number of likely N-dealkylation sites (tertiary alicyclic amines) is 1. The van der Waals surface area contributed by atoms with Crippen LogP contribution in [0.25, 0.3) is 0 Å². The summed E-state index contributed by atoms with van der Waals surface area (Å²) < 4.78 is 24.9. The molecule has 1 aromatic heterocycles. The Morgan fingerprint density at radius 1 is 1.22 bits per heavy atom. The lowest BCUT2D eigenvalue weighted by molar-refractivity contribution is 0.0211. The Balaban J connectivity index is 1.29. The number of ether oxygens (including phenoxy) is 2. The smallest absolute Gasteiger partial charge is 0.410 e. The monoisotopic (exact) mass is 526 g/mol. The Kier molecular flexibility index (Phi) is 7.97. The molecule has 8 nitrogen and oxygen atoms in total. The number of nitrogens with zero attached hydrogens (tertiary/aromatic N) is 2. The van der Waals surface area contributed by atoms with Crippen LogP contribution < -0.4 is 15.8 Å². The zero-order chi connectivity index (χ0) is 26.6. The molecule has 0 bridgehead atoms. The van der Waals surface area contributed by atoms with Crippen molar-refractivity contribution in [1.82, 2.24) is 9.88 Å². The van der Waals surface area contributed by atoms with Crippen LogP contribution in [0.15, 0.2) is 48.5 Å². The van der Waals surface area contributed by atoms with E-state index in [9.17, 15) is 14.0 Å². The highest BCUT2D eigenvalue weighted by Gasteiger charge is 2.32. The van der Waals surface area contributed by atoms with Crippen LogP contribution >= 0.6 is 11.3 Å². The lowest BCUT2D eigenvalue weighted by atomic mass is 10.1. The van der Waals surface area contributed by atoms with E-state index >= 15 is 0 Å². The normalized spacial score (nSPS) is 15.5. The Morgan fingerprint density at radius 2 is 1.97 bits per heavy atom. The lowest BCUT2D eigenvalue weighted by Crippen LogP contribution is -2.40. The summed E-state index contributed by atoms with van der Waals surface area (Å²) in [7, 11) is 0. The highest BCUT2D eigenvalue weighted by molar-refractivity contribution is 7.18. The standard InChI is InChI=1S/C27H31FN4O4S/c1-27(2,3)36-26(34)32-14-5-8-20(32)13-15-35-21-11-9-19(10-12-21)30-25-31-24(29)23(37-25)22(33)17-6-4-7-18(28)16-17/h4,6-7,9-12,16,20H,5,8,13-15,29H2,1-3H3,(H,30,31)/t20-/m0/s1. The average Bonchev–Trinajstić information content (AvgIpc) is 3.45. The van der Waals surface area contributed by atoms with Crippen LogP contribution in [-0.2, 0) is 4.74 Å². The van der Waals surface area contributed by atoms with Gasteiger partial charge in [-0.15, -0.1) is 0 Å². The van der Waals surface area contributed by atoms with Crippen molar-refractivity contribution in [2.45, 2.75) is 51.7 Å². The summed E-state index contributed by atoms with van der Waals surface area (Å²) in [6.45, 7) is 6.79. The molecule has 1 fully saturated rings. The number of rotatable bonds is 8. The van der Waals surface area contributed by atoms with Crippen LogP contribution in [-0.4, -0.2) is 46.6 Å². The molecule has 0 unspecified atom stereocenters. The number of carbonyl (C=O) groups is 2. The first-order valence-electron chi connectivity index (χ1n) is 12.1. The van der Waals surface area contributed by atoms with E-state index < -0.39 is 11.4 Å². The van der Waals surface area contributed by atoms with Crippen molar-refractivity contribution in [2.75, 3.05) is 24.2 Å². The second-order valence-corrected chi connectivity index (χ2v) is 10.8. The molecule has 37 heavy (non-hydrogen) atoms. The number of benzene rings is 2. The van der Waals surface area contributed by atoms with E-state index in [0.717, 1.165) is 36.3 Å². The predicted molar refractivity (Wildman–Crippen MR) is 142 cm³/mol. The van der Waals surface area contributed by atoms with E-state index in [4.69, 9.17) is 15.2 Å². The molecule has 0 spiro atoms. The third-order valence-corrected chi connectivity index (χ3v) is 6.76. The fourth-order valence-electron chi connectivity index (χ4n) is 4.08. The molecule has 2 heterocycles. The highest BCUT2D eigenvalue weighted by Crippen LogP contribution is 2.30. The Bertz CT molecular complexity index is 1260. The molecule has 3 aromatic rings. The van der Waals surface area contributed by atoms with Crippen molar-refractivity contribution in [3.8, 4) is 5.75 Å². The summed E-state index contributed by atoms with van der Waals surface area (Å²) in [6.07, 6.45) is 2.35. The number of nitrogens with one attached hydrogen (secondary N) is 1. The molecule has 1 amide bonds. The third-order valence-electron chi connectivity index (χ3n) is 5.78. The molecular weight excluding hydrogens is 495 g/mol. The molecule has 1 saturated heterocycles. The van der Waals surface area contributed by atoms with Crippen LogP contribution in [0.5, 0.6) is 5.75 Å². The highest BCUT2D eigenvalue weighted by atomic mass is 32.1. The van der Waals surface area contributed by atoms with E-state index in [-0.39, 0.29) is 34.2 Å². The van der Waals surface area contributed by atoms with Gasteiger partial charge < -0.3 is 25.4 Å². The number of nitrogens with two attached hydrogens (primary N) is 1. The summed E-state index contributed by atoms with van der Waals surface area (Å²) in [5, 5.41) is 3.59. The predicted octanol–water partition coefficient (Wildman–Crippen LogP) is 6.01. The number of anilines is 3. The summed E-state index contributed by atoms with van der Waals surface area (Å²) in [6, 6.07) is 12.9. The van der Waals surface area contributed by atoms with Gasteiger partial charge in [-0.25, -0.2) is 14.2 Å². The van der Waals surface area contributed by atoms with E-state index in [1.165, 1.54) is 24.3 Å². The van der Waals surface area contributed by atoms with Crippen LogP contribution in [0, 0.1) is 5.82 Å². The van der Waals surface area contributed by atoms with E-state index in [1.54, 1.807) is 4.90 Å². The van der Waals surface area contributed by atoms with Gasteiger partial charge in [0.15, 0.2) is 5.13 Å². The van der Waals surface area contributed by atoms with Gasteiger partial charge in [0.2, 0.25) is 5.78 Å². The number of amides is 1. The van der Waals surface area contributed by atoms with Gasteiger partial charge in [-0.05, 0) is 70.0 Å². The molecule has 196 valence electrons. The summed E-state index contributed by atoms with van der Waals surface area (Å²) in [4.78, 5) is 31.4. The zero-order valence-electron chi connectivity index (χ0n) is 21.1. The van der Waals surface area contributed by atoms with Crippen LogP contribution in [0.4, 0.5) is 25.8 Å². The first-order valence-corrected chi connectivity index (χ1v) is 13.0. The first kappa shape index (κ1) is 26.4. The lowest BCUT2D eigenvalue weighted by Gasteiger charge is -2.28. The minimum atomic E-state index is -0.515. The van der Waals surface area contributed by atoms with Crippen molar-refractivity contribution < 1.29 is 23.5 Å². The molecule has 1 aliphatic heterocycles. The Labute approximate surface area is 219 Å². The molecule has 4 rings (SSSR count). The topological polar surface area (TPSA) is 107 Å². The van der Waals surface area contributed by atoms with Gasteiger partial charge >= 0.3 is 6.09 Å². The maximum Gasteiger partial charge on any atom is 0.410 e. The molecule has 1 atom stereocenters. The fraction of sp³-hybridized carbons (Fsp3) is 0.370. The molecular formula is C27H31FN4O4S. The SMILES string of the molecule is CC(C)(C)OC(=O)N1CCC[C@H]1CCOc1ccc(Nc2nc(N)c(C(=O)c3cccc(F)c3)s2)cc1. The van der Waals surface area contributed by atoms with Crippen molar-refractivity contribution in [3.63, 3.8) is 0 Å². The second-order valence-electron chi connectivity index (χ2n) is 9.83. The number of hydrogen-bond acceptors (Lipinski definition) is 8. The summed E-state index contributed by atoms with van der Waals surface area (Å²) in [5.74, 6) is -0.0703. The molecule has 10 heteroatoms. The van der Waals surface area contributed by atoms with Crippen molar-refractivity contribution in [3.05, 3.63) is 64.8 Å². The first-order chi connectivity index (χ1) is 17.6. The quantitative estimate of drug-likeness (QED) is 0.346. The number of aromatic nitrogens is 1. The fourth-order valence-corrected chi connectivity index (χ4v) is 4.94. The molecule has 3 N–H and O–H groups in total. The van der Waals surface area contributed by atoms with E-state index in [0.29, 0.717) is 24.0 Å². The largest absolute Gasteiger partial charge is 0.494 e. The average molecular weight is 527 g/mol. The number of carbonyl (C=O) groups excluding carboxylic acids is 2. The van der Waals surface area contributed by atoms with Crippen LogP contribution in [0.2, 0.25) is 0 Å². The summed E-state index contributed by atoms with van der Waals surface area (Å²) in [5.41, 5.74) is 6.40. The van der Waals surface area contributed by atoms with Gasteiger partial charge in [0.1, 0.15) is 27.9 Å². The molecule has 2 aromatic carbocycles. The number of halogens is 1. The van der Waals surface area contributed by atoms with Gasteiger partial charge in [-0.2, -0.15) is 0 Å². The van der Waals surface area contributed by atoms with E-state index in [1.807, 2.05) is 45.0 Å². The van der Waals surface area contributed by atoms with Crippen molar-refractivity contribution in [1.29, 1.82) is 0 Å². The van der Waals surface area contributed by atoms with Crippen LogP contribution in [0.1, 0.15) is 55.3 Å². The van der Waals surface area contributed by atoms with Crippen LogP contribution in [0.3, 0.4) is 0 Å². The van der Waals surface area contributed by atoms with Gasteiger partial charge in [0.05, 0.1) is 6.61 Å². The molecule has 0 aliphatic carbocycles. The Hall–Kier alpha value is -3.66. The van der Waals surface area contributed by atoms with Gasteiger partial charge in [0, 0.05) is 30.3 Å². The maximum atomic E-state index is 13.5. The molecule has 1 aliphatic rings. The number of thiazole rings is 1. The number of hydrogen-bond donors (Lipinski definition) is 2. The minimum absolute atomic E-state index is 0.0917. The third kappa shape index (κ3) is 6.97. The number of nitrogen functional groups attached to an aromatic ring is 1. The Morgan fingerprint density at radius 3 is 2.68 bits per heavy atom. The molecule has 0 radical (unpaired) electrons. The summed E-state index contributed by atoms with van der Waals surface area (Å²) >= 11 is 1.11. The maximum absolute atomic E-state index is 13.5. The second kappa shape index (κ2) is 11.2. The van der Waals surface area contributed by atoms with Crippen molar-refractivity contribution >= 4 is 39.9 Å². The van der Waals surface area contributed by atoms with Gasteiger partial charge in [-0.3, -0.25) is 4.79 Å². The van der Waals surface area contributed by atoms with Gasteiger partial charge in [0.25, 0.3) is 0 Å². The minimum Gasteiger partial charge on any atom is -0.494 e. The zero-order valence-corrected chi connectivity index (χ0v) is 21.9. The number of ketones is 1. The van der Waals surface area contributed by atoms with Gasteiger partial charge in [-0.1, -0.05) is 23.5 Å². The van der Waals surface area contributed by atoms with E-state index in [2.05, 4.69) is 10.3 Å². The van der Waals surface area contributed by atoms with Crippen molar-refractivity contribution in [2.24, 2.45) is 0 Å².